The van der Waals surface area contributed by atoms with E-state index in [2.05, 4.69) is 10.2 Å². The van der Waals surface area contributed by atoms with Gasteiger partial charge in [0, 0.05) is 11.3 Å². The van der Waals surface area contributed by atoms with Crippen LogP contribution in [0, 0.1) is 29.1 Å². The van der Waals surface area contributed by atoms with Crippen molar-refractivity contribution >= 4 is 23.1 Å². The Morgan fingerprint density at radius 2 is 1.58 bits per heavy atom. The van der Waals surface area contributed by atoms with Crippen LogP contribution in [0.1, 0.15) is 5.56 Å². The van der Waals surface area contributed by atoms with Crippen molar-refractivity contribution in [2.75, 3.05) is 7.11 Å². The van der Waals surface area contributed by atoms with Crippen LogP contribution in [0.4, 0.5) is 22.0 Å². The lowest BCUT2D eigenvalue weighted by Crippen LogP contribution is -2.07. The molecule has 11 heteroatoms. The van der Waals surface area contributed by atoms with Crippen molar-refractivity contribution in [2.24, 2.45) is 0 Å². The molecule has 0 saturated carbocycles. The molecule has 0 aliphatic heterocycles. The van der Waals surface area contributed by atoms with Crippen LogP contribution in [0.5, 0.6) is 5.75 Å². The lowest BCUT2D eigenvalue weighted by Gasteiger charge is -2.13. The van der Waals surface area contributed by atoms with Gasteiger partial charge in [-0.25, -0.2) is 22.0 Å². The zero-order valence-electron chi connectivity index (χ0n) is 15.7. The van der Waals surface area contributed by atoms with Gasteiger partial charge in [0.15, 0.2) is 34.2 Å². The fraction of sp³-hybridized carbons (Fsp3) is 0.100. The van der Waals surface area contributed by atoms with Crippen LogP contribution >= 0.6 is 23.1 Å². The van der Waals surface area contributed by atoms with Crippen LogP contribution in [0.25, 0.3) is 16.4 Å². The topological polar surface area (TPSA) is 39.9 Å². The first-order chi connectivity index (χ1) is 14.9. The Balaban J connectivity index is 1.79. The lowest BCUT2D eigenvalue weighted by molar-refractivity contribution is 0.372. The predicted molar refractivity (Wildman–Crippen MR) is 107 cm³/mol. The molecule has 0 unspecified atom stereocenters. The van der Waals surface area contributed by atoms with Crippen molar-refractivity contribution in [3.05, 3.63) is 76.4 Å². The van der Waals surface area contributed by atoms with Gasteiger partial charge in [0.2, 0.25) is 5.82 Å². The van der Waals surface area contributed by atoms with Crippen molar-refractivity contribution in [1.82, 2.24) is 14.8 Å². The molecule has 0 fully saturated rings. The summed E-state index contributed by atoms with van der Waals surface area (Å²) in [5.41, 5.74) is -0.382. The summed E-state index contributed by atoms with van der Waals surface area (Å²) in [5, 5.41) is 10.3. The fourth-order valence-corrected chi connectivity index (χ4v) is 4.51. The van der Waals surface area contributed by atoms with E-state index < -0.39 is 40.4 Å². The zero-order chi connectivity index (χ0) is 22.1. The SMILES string of the molecule is COc1ccccc1-n1c(SCc2c(F)c(F)c(F)c(F)c2F)nnc1-c1cccs1. The number of thiophene rings is 1. The maximum atomic E-state index is 14.1. The van der Waals surface area contributed by atoms with E-state index in [0.717, 1.165) is 16.6 Å². The number of halogens is 5. The molecule has 31 heavy (non-hydrogen) atoms. The maximum absolute atomic E-state index is 14.1. The Bertz CT molecular complexity index is 1220. The number of hydrogen-bond acceptors (Lipinski definition) is 5. The minimum absolute atomic E-state index is 0.192. The third-order valence-electron chi connectivity index (χ3n) is 4.35. The van der Waals surface area contributed by atoms with Crippen molar-refractivity contribution in [3.8, 4) is 22.1 Å². The molecule has 4 rings (SSSR count). The van der Waals surface area contributed by atoms with Gasteiger partial charge in [-0.3, -0.25) is 4.57 Å². The van der Waals surface area contributed by atoms with Crippen LogP contribution in [-0.2, 0) is 5.75 Å². The standard InChI is InChI=1S/C20H12F5N3OS2/c1-29-12-6-3-2-5-11(12)28-19(13-7-4-8-30-13)26-27-20(28)31-9-10-14(21)16(23)18(25)17(24)15(10)22/h2-8H,9H2,1H3. The van der Waals surface area contributed by atoms with Crippen molar-refractivity contribution in [3.63, 3.8) is 0 Å². The first kappa shape index (κ1) is 21.3. The maximum Gasteiger partial charge on any atom is 0.200 e. The van der Waals surface area contributed by atoms with E-state index in [-0.39, 0.29) is 5.16 Å². The lowest BCUT2D eigenvalue weighted by atomic mass is 10.2. The molecule has 0 saturated heterocycles. The van der Waals surface area contributed by atoms with Crippen LogP contribution < -0.4 is 4.74 Å². The number of ether oxygens (including phenoxy) is 1. The number of para-hydroxylation sites is 2. The molecular formula is C20H12F5N3OS2. The smallest absolute Gasteiger partial charge is 0.200 e. The van der Waals surface area contributed by atoms with E-state index in [1.54, 1.807) is 28.8 Å². The Morgan fingerprint density at radius 3 is 2.23 bits per heavy atom. The van der Waals surface area contributed by atoms with Gasteiger partial charge in [0.1, 0.15) is 5.75 Å². The van der Waals surface area contributed by atoms with Crippen LogP contribution in [0.3, 0.4) is 0 Å². The van der Waals surface area contributed by atoms with E-state index in [9.17, 15) is 22.0 Å². The Kier molecular flexibility index (Phi) is 5.96. The van der Waals surface area contributed by atoms with Gasteiger partial charge in [0.25, 0.3) is 0 Å². The summed E-state index contributed by atoms with van der Waals surface area (Å²) in [7, 11) is 1.48. The highest BCUT2D eigenvalue weighted by molar-refractivity contribution is 7.98. The average molecular weight is 469 g/mol. The highest BCUT2D eigenvalue weighted by Crippen LogP contribution is 2.36. The largest absolute Gasteiger partial charge is 0.495 e. The Morgan fingerprint density at radius 1 is 0.903 bits per heavy atom. The molecule has 2 aromatic carbocycles. The number of hydrogen-bond donors (Lipinski definition) is 0. The number of aromatic nitrogens is 3. The average Bonchev–Trinajstić information content (AvgIpc) is 3.46. The summed E-state index contributed by atoms with van der Waals surface area (Å²) < 4.78 is 75.6. The van der Waals surface area contributed by atoms with Crippen molar-refractivity contribution in [2.45, 2.75) is 10.9 Å². The van der Waals surface area contributed by atoms with Gasteiger partial charge in [-0.05, 0) is 23.6 Å². The molecule has 0 spiro atoms. The molecule has 0 N–H and O–H groups in total. The van der Waals surface area contributed by atoms with E-state index >= 15 is 0 Å². The second-order valence-corrected chi connectivity index (χ2v) is 8.02. The van der Waals surface area contributed by atoms with E-state index in [1.165, 1.54) is 18.4 Å². The minimum atomic E-state index is -2.19. The third-order valence-corrected chi connectivity index (χ3v) is 6.17. The van der Waals surface area contributed by atoms with Gasteiger partial charge in [0.05, 0.1) is 17.7 Å². The van der Waals surface area contributed by atoms with E-state index in [1.807, 2.05) is 17.5 Å². The molecule has 0 bridgehead atoms. The highest BCUT2D eigenvalue weighted by Gasteiger charge is 2.27. The number of nitrogens with zero attached hydrogens (tertiary/aromatic N) is 3. The normalized spacial score (nSPS) is 11.2. The summed E-state index contributed by atoms with van der Waals surface area (Å²) in [6.45, 7) is 0. The summed E-state index contributed by atoms with van der Waals surface area (Å²) >= 11 is 2.19. The molecule has 0 radical (unpaired) electrons. The summed E-state index contributed by atoms with van der Waals surface area (Å²) in [6, 6.07) is 10.6. The molecule has 160 valence electrons. The van der Waals surface area contributed by atoms with Gasteiger partial charge < -0.3 is 4.74 Å². The van der Waals surface area contributed by atoms with Gasteiger partial charge in [-0.1, -0.05) is 30.0 Å². The van der Waals surface area contributed by atoms with Gasteiger partial charge in [-0.2, -0.15) is 0 Å². The number of rotatable bonds is 6. The highest BCUT2D eigenvalue weighted by atomic mass is 32.2. The molecule has 0 amide bonds. The Labute approximate surface area is 181 Å². The second-order valence-electron chi connectivity index (χ2n) is 6.13. The first-order valence-corrected chi connectivity index (χ1v) is 10.6. The predicted octanol–water partition coefficient (Wildman–Crippen LogP) is 5.99. The van der Waals surface area contributed by atoms with Crippen molar-refractivity contribution in [1.29, 1.82) is 0 Å². The summed E-state index contributed by atoms with van der Waals surface area (Å²) in [6.07, 6.45) is 0. The molecule has 4 nitrogen and oxygen atoms in total. The number of benzene rings is 2. The summed E-state index contributed by atoms with van der Waals surface area (Å²) in [4.78, 5) is 0.765. The monoisotopic (exact) mass is 469 g/mol. The summed E-state index contributed by atoms with van der Waals surface area (Å²) in [5.74, 6) is -9.53. The van der Waals surface area contributed by atoms with Crippen LogP contribution in [0.2, 0.25) is 0 Å². The second kappa shape index (κ2) is 8.67. The molecule has 4 aromatic rings. The van der Waals surface area contributed by atoms with E-state index in [0.29, 0.717) is 17.3 Å². The van der Waals surface area contributed by atoms with Crippen LogP contribution in [0.15, 0.2) is 46.9 Å². The van der Waals surface area contributed by atoms with Gasteiger partial charge in [-0.15, -0.1) is 21.5 Å². The molecule has 2 aromatic heterocycles. The molecular weight excluding hydrogens is 457 g/mol. The van der Waals surface area contributed by atoms with Crippen molar-refractivity contribution < 1.29 is 26.7 Å². The van der Waals surface area contributed by atoms with Gasteiger partial charge >= 0.3 is 0 Å². The number of thioether (sulfide) groups is 1. The Hall–Kier alpha value is -2.92. The first-order valence-electron chi connectivity index (χ1n) is 8.69. The molecule has 0 atom stereocenters. The fourth-order valence-electron chi connectivity index (χ4n) is 2.87. The van der Waals surface area contributed by atoms with E-state index in [4.69, 9.17) is 4.74 Å². The number of methoxy groups -OCH3 is 1. The van der Waals surface area contributed by atoms with Crippen LogP contribution in [-0.4, -0.2) is 21.9 Å². The molecule has 0 aliphatic carbocycles. The zero-order valence-corrected chi connectivity index (χ0v) is 17.3. The molecule has 0 aliphatic rings. The quantitative estimate of drug-likeness (QED) is 0.151. The minimum Gasteiger partial charge on any atom is -0.495 e. The molecule has 2 heterocycles. The third kappa shape index (κ3) is 3.79.